The molecule has 18 heavy (non-hydrogen) atoms. The van der Waals surface area contributed by atoms with Crippen LogP contribution in [-0.2, 0) is 4.79 Å². The average molecular weight is 252 g/mol. The lowest BCUT2D eigenvalue weighted by Crippen LogP contribution is -2.37. The first-order chi connectivity index (χ1) is 8.70. The quantitative estimate of drug-likeness (QED) is 0.850. The van der Waals surface area contributed by atoms with E-state index in [0.29, 0.717) is 13.1 Å². The lowest BCUT2D eigenvalue weighted by Gasteiger charge is -2.27. The molecule has 1 heterocycles. The maximum absolute atomic E-state index is 13.8. The number of halogens is 1. The molecule has 4 nitrogen and oxygen atoms in total. The van der Waals surface area contributed by atoms with Gasteiger partial charge in [0.25, 0.3) is 0 Å². The molecule has 1 saturated heterocycles. The molecular weight excluding hydrogens is 235 g/mol. The van der Waals surface area contributed by atoms with Crippen LogP contribution in [0.1, 0.15) is 18.0 Å². The number of hydrogen-bond donors (Lipinski definition) is 2. The standard InChI is InChI=1S/C13H17FN2O2/c14-11-5-2-1-4-10(11)12(13(17)18)16-8-3-6-15-7-9-16/h1-2,4-5,12,15H,3,6-9H2,(H,17,18). The zero-order valence-electron chi connectivity index (χ0n) is 10.1. The van der Waals surface area contributed by atoms with Gasteiger partial charge in [0.15, 0.2) is 0 Å². The fraction of sp³-hybridized carbons (Fsp3) is 0.462. The Morgan fingerprint density at radius 2 is 2.11 bits per heavy atom. The van der Waals surface area contributed by atoms with E-state index in [1.807, 2.05) is 4.90 Å². The predicted molar refractivity (Wildman–Crippen MR) is 65.8 cm³/mol. The Morgan fingerprint density at radius 3 is 2.83 bits per heavy atom. The van der Waals surface area contributed by atoms with E-state index in [2.05, 4.69) is 5.32 Å². The first kappa shape index (κ1) is 13.0. The molecule has 1 unspecified atom stereocenters. The van der Waals surface area contributed by atoms with Gasteiger partial charge in [-0.25, -0.2) is 4.39 Å². The number of aliphatic carboxylic acids is 1. The molecule has 0 spiro atoms. The van der Waals surface area contributed by atoms with E-state index in [-0.39, 0.29) is 5.56 Å². The molecule has 0 bridgehead atoms. The van der Waals surface area contributed by atoms with Gasteiger partial charge in [0, 0.05) is 25.2 Å². The number of hydrogen-bond acceptors (Lipinski definition) is 3. The highest BCUT2D eigenvalue weighted by atomic mass is 19.1. The van der Waals surface area contributed by atoms with E-state index in [9.17, 15) is 14.3 Å². The Hall–Kier alpha value is -1.46. The zero-order valence-corrected chi connectivity index (χ0v) is 10.1. The average Bonchev–Trinajstić information content (AvgIpc) is 2.60. The second-order valence-electron chi connectivity index (χ2n) is 4.40. The molecule has 0 aliphatic carbocycles. The molecule has 1 aliphatic rings. The van der Waals surface area contributed by atoms with Crippen molar-refractivity contribution < 1.29 is 14.3 Å². The van der Waals surface area contributed by atoms with Crippen LogP contribution in [0.15, 0.2) is 24.3 Å². The van der Waals surface area contributed by atoms with Crippen molar-refractivity contribution in [3.05, 3.63) is 35.6 Å². The largest absolute Gasteiger partial charge is 0.480 e. The van der Waals surface area contributed by atoms with Crippen molar-refractivity contribution in [2.24, 2.45) is 0 Å². The molecule has 1 aliphatic heterocycles. The van der Waals surface area contributed by atoms with Crippen LogP contribution in [0.5, 0.6) is 0 Å². The minimum atomic E-state index is -0.998. The summed E-state index contributed by atoms with van der Waals surface area (Å²) in [4.78, 5) is 13.3. The van der Waals surface area contributed by atoms with Gasteiger partial charge in [0.05, 0.1) is 0 Å². The van der Waals surface area contributed by atoms with Crippen LogP contribution >= 0.6 is 0 Å². The number of rotatable bonds is 3. The highest BCUT2D eigenvalue weighted by Gasteiger charge is 2.29. The molecule has 2 N–H and O–H groups in total. The van der Waals surface area contributed by atoms with Gasteiger partial charge in [-0.05, 0) is 19.0 Å². The van der Waals surface area contributed by atoms with Gasteiger partial charge in [-0.3, -0.25) is 9.69 Å². The van der Waals surface area contributed by atoms with E-state index >= 15 is 0 Å². The summed E-state index contributed by atoms with van der Waals surface area (Å²) in [6, 6.07) is 5.20. The predicted octanol–water partition coefficient (Wildman–Crippen LogP) is 1.25. The van der Waals surface area contributed by atoms with Crippen molar-refractivity contribution in [1.82, 2.24) is 10.2 Å². The summed E-state index contributed by atoms with van der Waals surface area (Å²) in [7, 11) is 0. The molecule has 5 heteroatoms. The molecular formula is C13H17FN2O2. The third-order valence-corrected chi connectivity index (χ3v) is 3.17. The zero-order chi connectivity index (χ0) is 13.0. The molecule has 98 valence electrons. The fourth-order valence-electron chi connectivity index (χ4n) is 2.31. The summed E-state index contributed by atoms with van der Waals surface area (Å²) < 4.78 is 13.8. The van der Waals surface area contributed by atoms with Gasteiger partial charge >= 0.3 is 5.97 Å². The first-order valence-electron chi connectivity index (χ1n) is 6.12. The van der Waals surface area contributed by atoms with Gasteiger partial charge in [-0.15, -0.1) is 0 Å². The monoisotopic (exact) mass is 252 g/mol. The van der Waals surface area contributed by atoms with Crippen molar-refractivity contribution in [2.75, 3.05) is 26.2 Å². The van der Waals surface area contributed by atoms with Crippen LogP contribution < -0.4 is 5.32 Å². The van der Waals surface area contributed by atoms with Crippen LogP contribution in [0.4, 0.5) is 4.39 Å². The third-order valence-electron chi connectivity index (χ3n) is 3.17. The topological polar surface area (TPSA) is 52.6 Å². The molecule has 1 aromatic rings. The van der Waals surface area contributed by atoms with E-state index in [4.69, 9.17) is 0 Å². The highest BCUT2D eigenvalue weighted by molar-refractivity contribution is 5.75. The summed E-state index contributed by atoms with van der Waals surface area (Å²) in [5.74, 6) is -1.45. The maximum atomic E-state index is 13.8. The lowest BCUT2D eigenvalue weighted by molar-refractivity contribution is -0.143. The first-order valence-corrected chi connectivity index (χ1v) is 6.12. The fourth-order valence-corrected chi connectivity index (χ4v) is 2.31. The Morgan fingerprint density at radius 1 is 1.33 bits per heavy atom. The maximum Gasteiger partial charge on any atom is 0.325 e. The molecule has 0 amide bonds. The highest BCUT2D eigenvalue weighted by Crippen LogP contribution is 2.24. The Bertz CT molecular complexity index is 417. The molecule has 1 aromatic carbocycles. The van der Waals surface area contributed by atoms with Gasteiger partial charge in [0.2, 0.25) is 0 Å². The third kappa shape index (κ3) is 2.86. The number of nitrogens with one attached hydrogen (secondary N) is 1. The van der Waals surface area contributed by atoms with E-state index in [1.165, 1.54) is 6.07 Å². The van der Waals surface area contributed by atoms with Crippen LogP contribution in [0, 0.1) is 5.82 Å². The minimum Gasteiger partial charge on any atom is -0.480 e. The summed E-state index contributed by atoms with van der Waals surface area (Å²) in [5, 5.41) is 12.6. The van der Waals surface area contributed by atoms with Crippen molar-refractivity contribution in [3.8, 4) is 0 Å². The van der Waals surface area contributed by atoms with Gasteiger partial charge < -0.3 is 10.4 Å². The molecule has 2 rings (SSSR count). The van der Waals surface area contributed by atoms with Gasteiger partial charge in [-0.1, -0.05) is 18.2 Å². The van der Waals surface area contributed by atoms with E-state index in [0.717, 1.165) is 19.5 Å². The molecule has 0 aromatic heterocycles. The number of benzene rings is 1. The lowest BCUT2D eigenvalue weighted by atomic mass is 10.0. The molecule has 0 saturated carbocycles. The van der Waals surface area contributed by atoms with Crippen molar-refractivity contribution in [3.63, 3.8) is 0 Å². The number of carbonyl (C=O) groups is 1. The number of nitrogens with zero attached hydrogens (tertiary/aromatic N) is 1. The summed E-state index contributed by atoms with van der Waals surface area (Å²) in [6.45, 7) is 2.89. The van der Waals surface area contributed by atoms with Crippen LogP contribution in [0.2, 0.25) is 0 Å². The normalized spacial score (nSPS) is 19.2. The molecule has 1 fully saturated rings. The second-order valence-corrected chi connectivity index (χ2v) is 4.40. The second kappa shape index (κ2) is 5.93. The number of carboxylic acids is 1. The summed E-state index contributed by atoms with van der Waals surface area (Å²) in [6.07, 6.45) is 0.873. The Labute approximate surface area is 105 Å². The van der Waals surface area contributed by atoms with Crippen molar-refractivity contribution >= 4 is 5.97 Å². The van der Waals surface area contributed by atoms with E-state index in [1.54, 1.807) is 18.2 Å². The van der Waals surface area contributed by atoms with E-state index < -0.39 is 17.8 Å². The van der Waals surface area contributed by atoms with Crippen LogP contribution in [0.25, 0.3) is 0 Å². The van der Waals surface area contributed by atoms with Crippen LogP contribution in [0.3, 0.4) is 0 Å². The number of carboxylic acid groups (broad SMARTS) is 1. The van der Waals surface area contributed by atoms with Crippen molar-refractivity contribution in [1.29, 1.82) is 0 Å². The smallest absolute Gasteiger partial charge is 0.325 e. The Balaban J connectivity index is 2.27. The Kier molecular flexibility index (Phi) is 4.28. The minimum absolute atomic E-state index is 0.243. The van der Waals surface area contributed by atoms with Crippen molar-refractivity contribution in [2.45, 2.75) is 12.5 Å². The van der Waals surface area contributed by atoms with Crippen LogP contribution in [-0.4, -0.2) is 42.2 Å². The molecule has 0 radical (unpaired) electrons. The summed E-state index contributed by atoms with van der Waals surface area (Å²) in [5.41, 5.74) is 0.243. The van der Waals surface area contributed by atoms with Gasteiger partial charge in [-0.2, -0.15) is 0 Å². The summed E-state index contributed by atoms with van der Waals surface area (Å²) >= 11 is 0. The SMILES string of the molecule is O=C(O)C(c1ccccc1F)N1CCCNCC1. The van der Waals surface area contributed by atoms with Gasteiger partial charge in [0.1, 0.15) is 11.9 Å². The molecule has 1 atom stereocenters.